The monoisotopic (exact) mass is 246 g/mol. The van der Waals surface area contributed by atoms with Gasteiger partial charge in [-0.1, -0.05) is 12.1 Å². The topological polar surface area (TPSA) is 44.1 Å². The number of aromatic nitrogens is 2. The molecular weight excluding hydrogens is 228 g/mol. The van der Waals surface area contributed by atoms with E-state index in [1.807, 2.05) is 52.8 Å². The molecule has 2 aromatic rings. The smallest absolute Gasteiger partial charge is 0.420 e. The Morgan fingerprint density at radius 2 is 1.94 bits per heavy atom. The van der Waals surface area contributed by atoms with E-state index in [1.165, 1.54) is 4.57 Å². The molecule has 0 aliphatic rings. The summed E-state index contributed by atoms with van der Waals surface area (Å²) in [6, 6.07) is 5.78. The van der Waals surface area contributed by atoms with Crippen molar-refractivity contribution in [3.8, 4) is 0 Å². The Morgan fingerprint density at radius 1 is 1.28 bits per heavy atom. The Bertz CT molecular complexity index is 606. The van der Waals surface area contributed by atoms with Gasteiger partial charge in [0.2, 0.25) is 0 Å². The van der Waals surface area contributed by atoms with E-state index in [4.69, 9.17) is 4.74 Å². The van der Waals surface area contributed by atoms with E-state index >= 15 is 0 Å². The van der Waals surface area contributed by atoms with Crippen LogP contribution in [0.1, 0.15) is 32.2 Å². The molecular formula is C14H18N2O2. The number of rotatable bonds is 0. The van der Waals surface area contributed by atoms with Crippen LogP contribution >= 0.6 is 0 Å². The number of imidazole rings is 1. The van der Waals surface area contributed by atoms with Crippen LogP contribution in [0, 0.1) is 13.8 Å². The summed E-state index contributed by atoms with van der Waals surface area (Å²) >= 11 is 0. The highest BCUT2D eigenvalue weighted by molar-refractivity contribution is 5.89. The minimum absolute atomic E-state index is 0.381. The average Bonchev–Trinajstić information content (AvgIpc) is 2.53. The number of carbonyl (C=O) groups is 1. The maximum absolute atomic E-state index is 12.2. The van der Waals surface area contributed by atoms with Crippen LogP contribution in [-0.4, -0.2) is 21.2 Å². The first kappa shape index (κ1) is 12.6. The molecule has 0 amide bonds. The highest BCUT2D eigenvalue weighted by Crippen LogP contribution is 2.20. The first-order valence-corrected chi connectivity index (χ1v) is 5.97. The van der Waals surface area contributed by atoms with E-state index in [-0.39, 0.29) is 6.09 Å². The van der Waals surface area contributed by atoms with Crippen LogP contribution < -0.4 is 0 Å². The molecule has 1 heterocycles. The lowest BCUT2D eigenvalue weighted by Crippen LogP contribution is -2.27. The fourth-order valence-corrected chi connectivity index (χ4v) is 1.89. The van der Waals surface area contributed by atoms with E-state index in [9.17, 15) is 4.79 Å². The number of fused-ring (bicyclic) bond motifs is 1. The van der Waals surface area contributed by atoms with Gasteiger partial charge in [0.15, 0.2) is 0 Å². The Morgan fingerprint density at radius 3 is 2.56 bits per heavy atom. The van der Waals surface area contributed by atoms with E-state index in [2.05, 4.69) is 4.98 Å². The third-order valence-corrected chi connectivity index (χ3v) is 2.63. The third-order valence-electron chi connectivity index (χ3n) is 2.63. The van der Waals surface area contributed by atoms with Crippen LogP contribution in [0.25, 0.3) is 11.0 Å². The minimum atomic E-state index is -0.510. The number of hydrogen-bond acceptors (Lipinski definition) is 3. The summed E-state index contributed by atoms with van der Waals surface area (Å²) in [6.45, 7) is 9.34. The normalized spacial score (nSPS) is 11.8. The van der Waals surface area contributed by atoms with Gasteiger partial charge in [0.25, 0.3) is 0 Å². The molecule has 0 fully saturated rings. The van der Waals surface area contributed by atoms with Crippen molar-refractivity contribution in [3.63, 3.8) is 0 Å². The van der Waals surface area contributed by atoms with Gasteiger partial charge in [-0.05, 0) is 46.2 Å². The van der Waals surface area contributed by atoms with Crippen molar-refractivity contribution in [2.75, 3.05) is 0 Å². The molecule has 0 N–H and O–H groups in total. The molecule has 1 aromatic heterocycles. The lowest BCUT2D eigenvalue weighted by molar-refractivity contribution is 0.0540. The molecule has 1 aromatic carbocycles. The molecule has 18 heavy (non-hydrogen) atoms. The van der Waals surface area contributed by atoms with E-state index in [1.54, 1.807) is 0 Å². The Balaban J connectivity index is 2.54. The summed E-state index contributed by atoms with van der Waals surface area (Å²) in [4.78, 5) is 16.6. The molecule has 0 unspecified atom stereocenters. The number of nitrogens with zero attached hydrogens (tertiary/aromatic N) is 2. The quantitative estimate of drug-likeness (QED) is 0.715. The molecule has 0 atom stereocenters. The fourth-order valence-electron chi connectivity index (χ4n) is 1.89. The van der Waals surface area contributed by atoms with Crippen molar-refractivity contribution < 1.29 is 9.53 Å². The van der Waals surface area contributed by atoms with Gasteiger partial charge in [0.1, 0.15) is 11.4 Å². The molecule has 0 radical (unpaired) electrons. The first-order chi connectivity index (χ1) is 8.29. The lowest BCUT2D eigenvalue weighted by atomic mass is 10.2. The van der Waals surface area contributed by atoms with Gasteiger partial charge in [-0.25, -0.2) is 14.3 Å². The summed E-state index contributed by atoms with van der Waals surface area (Å²) in [5.41, 5.74) is 2.18. The first-order valence-electron chi connectivity index (χ1n) is 5.97. The maximum Gasteiger partial charge on any atom is 0.420 e. The molecule has 0 spiro atoms. The summed E-state index contributed by atoms with van der Waals surface area (Å²) in [6.07, 6.45) is -0.381. The Hall–Kier alpha value is -1.84. The van der Waals surface area contributed by atoms with Gasteiger partial charge >= 0.3 is 6.09 Å². The molecule has 4 nitrogen and oxygen atoms in total. The number of ether oxygens (including phenoxy) is 1. The standard InChI is InChI=1S/C14H18N2O2/c1-9-7-6-8-11-12(9)15-10(2)16(11)13(17)18-14(3,4)5/h6-8H,1-5H3. The summed E-state index contributed by atoms with van der Waals surface area (Å²) in [5, 5.41) is 0. The second kappa shape index (κ2) is 4.12. The van der Waals surface area contributed by atoms with Gasteiger partial charge in [-0.3, -0.25) is 0 Å². The lowest BCUT2D eigenvalue weighted by Gasteiger charge is -2.20. The molecule has 96 valence electrons. The van der Waals surface area contributed by atoms with Crippen molar-refractivity contribution in [3.05, 3.63) is 29.6 Å². The van der Waals surface area contributed by atoms with Crippen molar-refractivity contribution in [2.45, 2.75) is 40.2 Å². The number of carbonyl (C=O) groups excluding carboxylic acids is 1. The van der Waals surface area contributed by atoms with E-state index < -0.39 is 5.60 Å². The highest BCUT2D eigenvalue weighted by atomic mass is 16.6. The van der Waals surface area contributed by atoms with Crippen molar-refractivity contribution in [2.24, 2.45) is 0 Å². The minimum Gasteiger partial charge on any atom is -0.443 e. The Labute approximate surface area is 107 Å². The number of para-hydroxylation sites is 1. The number of benzene rings is 1. The van der Waals surface area contributed by atoms with Crippen LogP contribution in [0.4, 0.5) is 4.79 Å². The van der Waals surface area contributed by atoms with Crippen LogP contribution in [0.15, 0.2) is 18.2 Å². The molecule has 0 saturated heterocycles. The highest BCUT2D eigenvalue weighted by Gasteiger charge is 2.21. The molecule has 0 aliphatic heterocycles. The van der Waals surface area contributed by atoms with Crippen molar-refractivity contribution >= 4 is 17.1 Å². The largest absolute Gasteiger partial charge is 0.443 e. The van der Waals surface area contributed by atoms with Crippen LogP contribution in [0.3, 0.4) is 0 Å². The third kappa shape index (κ3) is 2.23. The van der Waals surface area contributed by atoms with Gasteiger partial charge in [-0.15, -0.1) is 0 Å². The van der Waals surface area contributed by atoms with E-state index in [0.717, 1.165) is 16.6 Å². The zero-order valence-electron chi connectivity index (χ0n) is 11.4. The number of hydrogen-bond donors (Lipinski definition) is 0. The second-order valence-corrected chi connectivity index (χ2v) is 5.42. The van der Waals surface area contributed by atoms with Gasteiger partial charge in [0.05, 0.1) is 11.0 Å². The zero-order valence-corrected chi connectivity index (χ0v) is 11.4. The summed E-state index contributed by atoms with van der Waals surface area (Å²) in [7, 11) is 0. The number of aryl methyl sites for hydroxylation is 2. The van der Waals surface area contributed by atoms with Gasteiger partial charge in [0, 0.05) is 0 Å². The van der Waals surface area contributed by atoms with Crippen molar-refractivity contribution in [1.29, 1.82) is 0 Å². The summed E-state index contributed by atoms with van der Waals surface area (Å²) in [5.74, 6) is 0.647. The predicted molar refractivity (Wildman–Crippen MR) is 70.8 cm³/mol. The molecule has 2 rings (SSSR count). The Kier molecular flexibility index (Phi) is 2.89. The summed E-state index contributed by atoms with van der Waals surface area (Å²) < 4.78 is 6.92. The van der Waals surface area contributed by atoms with Crippen LogP contribution in [-0.2, 0) is 4.74 Å². The van der Waals surface area contributed by atoms with Gasteiger partial charge < -0.3 is 4.74 Å². The maximum atomic E-state index is 12.2. The van der Waals surface area contributed by atoms with Crippen molar-refractivity contribution in [1.82, 2.24) is 9.55 Å². The molecule has 0 bridgehead atoms. The zero-order chi connectivity index (χ0) is 13.5. The molecule has 0 saturated carbocycles. The van der Waals surface area contributed by atoms with Gasteiger partial charge in [-0.2, -0.15) is 0 Å². The molecule has 0 aliphatic carbocycles. The molecule has 4 heteroatoms. The fraction of sp³-hybridized carbons (Fsp3) is 0.429. The SMILES string of the molecule is Cc1cccc2c1nc(C)n2C(=O)OC(C)(C)C. The second-order valence-electron chi connectivity index (χ2n) is 5.42. The van der Waals surface area contributed by atoms with Crippen LogP contribution in [0.5, 0.6) is 0 Å². The predicted octanol–water partition coefficient (Wildman–Crippen LogP) is 3.44. The van der Waals surface area contributed by atoms with Crippen LogP contribution in [0.2, 0.25) is 0 Å². The van der Waals surface area contributed by atoms with E-state index in [0.29, 0.717) is 5.82 Å². The average molecular weight is 246 g/mol.